The van der Waals surface area contributed by atoms with E-state index in [2.05, 4.69) is 20.8 Å². The first kappa shape index (κ1) is 23.5. The lowest BCUT2D eigenvalue weighted by Gasteiger charge is -2.14. The van der Waals surface area contributed by atoms with Crippen molar-refractivity contribution in [2.75, 3.05) is 12.3 Å². The molecule has 2 N–H and O–H groups in total. The molecule has 4 rings (SSSR count). The molecule has 0 saturated carbocycles. The quantitative estimate of drug-likeness (QED) is 0.311. The normalized spacial score (nSPS) is 11.1. The molecule has 0 atom stereocenters. The molecule has 3 amide bonds. The highest BCUT2D eigenvalue weighted by Crippen LogP contribution is 2.24. The van der Waals surface area contributed by atoms with Crippen molar-refractivity contribution in [1.29, 1.82) is 0 Å². The van der Waals surface area contributed by atoms with Gasteiger partial charge in [0.05, 0.1) is 22.3 Å². The van der Waals surface area contributed by atoms with E-state index in [0.29, 0.717) is 28.4 Å². The number of hydrogen-bond donors (Lipinski definition) is 2. The Morgan fingerprint density at radius 2 is 1.85 bits per heavy atom. The highest BCUT2D eigenvalue weighted by molar-refractivity contribution is 7.99. The molecule has 0 aliphatic heterocycles. The van der Waals surface area contributed by atoms with Gasteiger partial charge in [-0.05, 0) is 49.6 Å². The number of benzene rings is 2. The predicted octanol–water partition coefficient (Wildman–Crippen LogP) is 3.37. The average molecular weight is 479 g/mol. The minimum Gasteiger partial charge on any atom is -0.338 e. The number of hydrogen-bond acceptors (Lipinski definition) is 6. The fourth-order valence-corrected chi connectivity index (χ4v) is 4.42. The highest BCUT2D eigenvalue weighted by Gasteiger charge is 2.20. The third-order valence-corrected chi connectivity index (χ3v) is 6.54. The number of thioether (sulfide) groups is 1. The van der Waals surface area contributed by atoms with Crippen LogP contribution in [0.25, 0.3) is 22.4 Å². The first-order valence-corrected chi connectivity index (χ1v) is 12.1. The van der Waals surface area contributed by atoms with E-state index in [-0.39, 0.29) is 11.3 Å². The second kappa shape index (κ2) is 10.1. The monoisotopic (exact) mass is 478 g/mol. The Morgan fingerprint density at radius 3 is 2.65 bits per heavy atom. The number of para-hydroxylation sites is 1. The largest absolute Gasteiger partial charge is 0.338 e. The maximum atomic E-state index is 13.5. The van der Waals surface area contributed by atoms with Crippen LogP contribution in [0.1, 0.15) is 30.9 Å². The molecule has 10 heteroatoms. The van der Waals surface area contributed by atoms with Crippen LogP contribution < -0.4 is 16.2 Å². The number of rotatable bonds is 7. The summed E-state index contributed by atoms with van der Waals surface area (Å²) in [7, 11) is 0. The fraction of sp³-hybridized carbons (Fsp3) is 0.292. The number of carbonyl (C=O) groups is 2. The zero-order valence-electron chi connectivity index (χ0n) is 19.3. The lowest BCUT2D eigenvalue weighted by molar-refractivity contribution is -0.117. The Kier molecular flexibility index (Phi) is 6.97. The van der Waals surface area contributed by atoms with Gasteiger partial charge in [-0.25, -0.2) is 9.36 Å². The van der Waals surface area contributed by atoms with Crippen LogP contribution in [0.15, 0.2) is 52.4 Å². The van der Waals surface area contributed by atoms with Crippen molar-refractivity contribution in [3.8, 4) is 5.69 Å². The van der Waals surface area contributed by atoms with Crippen molar-refractivity contribution >= 4 is 40.4 Å². The zero-order valence-corrected chi connectivity index (χ0v) is 20.1. The van der Waals surface area contributed by atoms with E-state index in [1.165, 1.54) is 0 Å². The smallest absolute Gasteiger partial charge is 0.321 e. The summed E-state index contributed by atoms with van der Waals surface area (Å²) in [5.41, 5.74) is 3.20. The van der Waals surface area contributed by atoms with E-state index in [1.807, 2.05) is 57.2 Å². The highest BCUT2D eigenvalue weighted by atomic mass is 32.2. The van der Waals surface area contributed by atoms with Gasteiger partial charge in [-0.2, -0.15) is 0 Å². The summed E-state index contributed by atoms with van der Waals surface area (Å²) in [5.74, 6) is -0.112. The Hall–Kier alpha value is -3.66. The SMILES string of the molecule is CCCCNC(=O)NC(=O)CSc1nnc2n(-c3cccc(C)c3C)c(=O)c3ccccc3n12. The summed E-state index contributed by atoms with van der Waals surface area (Å²) >= 11 is 1.15. The number of imide groups is 1. The predicted molar refractivity (Wildman–Crippen MR) is 133 cm³/mol. The molecule has 34 heavy (non-hydrogen) atoms. The standard InChI is InChI=1S/C24H26N6O3S/c1-4-5-13-25-22(33)26-20(31)14-34-24-28-27-23-29(18-12-8-9-15(2)16(18)3)21(32)17-10-6-7-11-19(17)30(23)24/h6-12H,4-5,13-14H2,1-3H3,(H2,25,26,31,33). The van der Waals surface area contributed by atoms with Gasteiger partial charge in [0.1, 0.15) is 0 Å². The van der Waals surface area contributed by atoms with Crippen LogP contribution in [0.2, 0.25) is 0 Å². The van der Waals surface area contributed by atoms with Crippen molar-refractivity contribution < 1.29 is 9.59 Å². The van der Waals surface area contributed by atoms with E-state index in [9.17, 15) is 14.4 Å². The molecule has 4 aromatic rings. The summed E-state index contributed by atoms with van der Waals surface area (Å²) in [5, 5.41) is 14.5. The molecule has 9 nitrogen and oxygen atoms in total. The molecule has 0 aliphatic carbocycles. The Morgan fingerprint density at radius 1 is 1.06 bits per heavy atom. The second-order valence-corrected chi connectivity index (χ2v) is 8.88. The molecule has 2 aromatic heterocycles. The van der Waals surface area contributed by atoms with E-state index in [0.717, 1.165) is 41.4 Å². The van der Waals surface area contributed by atoms with Crippen LogP contribution in [-0.4, -0.2) is 43.4 Å². The summed E-state index contributed by atoms with van der Waals surface area (Å²) in [6, 6.07) is 12.5. The fourth-order valence-electron chi connectivity index (χ4n) is 3.68. The van der Waals surface area contributed by atoms with Crippen molar-refractivity contribution in [2.24, 2.45) is 0 Å². The Labute approximate surface area is 200 Å². The number of fused-ring (bicyclic) bond motifs is 3. The molecule has 0 saturated heterocycles. The minimum absolute atomic E-state index is 0.0289. The molecular weight excluding hydrogens is 452 g/mol. The number of aryl methyl sites for hydroxylation is 1. The maximum Gasteiger partial charge on any atom is 0.321 e. The molecule has 0 aliphatic rings. The van der Waals surface area contributed by atoms with Gasteiger partial charge in [0.2, 0.25) is 11.7 Å². The van der Waals surface area contributed by atoms with Gasteiger partial charge in [0, 0.05) is 6.54 Å². The van der Waals surface area contributed by atoms with E-state index >= 15 is 0 Å². The van der Waals surface area contributed by atoms with Gasteiger partial charge in [-0.15, -0.1) is 10.2 Å². The number of amides is 3. The first-order chi connectivity index (χ1) is 16.4. The van der Waals surface area contributed by atoms with E-state index in [4.69, 9.17) is 0 Å². The van der Waals surface area contributed by atoms with Crippen LogP contribution in [0.3, 0.4) is 0 Å². The van der Waals surface area contributed by atoms with Gasteiger partial charge in [0.15, 0.2) is 5.16 Å². The molecule has 2 heterocycles. The number of nitrogens with zero attached hydrogens (tertiary/aromatic N) is 4. The molecule has 0 radical (unpaired) electrons. The number of nitrogens with one attached hydrogen (secondary N) is 2. The van der Waals surface area contributed by atoms with Crippen molar-refractivity contribution in [1.82, 2.24) is 29.8 Å². The molecule has 0 unspecified atom stereocenters. The van der Waals surface area contributed by atoms with Crippen LogP contribution in [0.4, 0.5) is 4.79 Å². The zero-order chi connectivity index (χ0) is 24.2. The molecule has 176 valence electrons. The van der Waals surface area contributed by atoms with Crippen LogP contribution in [0, 0.1) is 13.8 Å². The molecule has 0 spiro atoms. The summed E-state index contributed by atoms with van der Waals surface area (Å²) < 4.78 is 3.33. The van der Waals surface area contributed by atoms with Crippen molar-refractivity contribution in [2.45, 2.75) is 38.8 Å². The van der Waals surface area contributed by atoms with Gasteiger partial charge in [-0.3, -0.25) is 19.3 Å². The first-order valence-electron chi connectivity index (χ1n) is 11.1. The van der Waals surface area contributed by atoms with Crippen LogP contribution >= 0.6 is 11.8 Å². The summed E-state index contributed by atoms with van der Waals surface area (Å²) in [4.78, 5) is 37.6. The van der Waals surface area contributed by atoms with E-state index < -0.39 is 11.9 Å². The number of carbonyl (C=O) groups excluding carboxylic acids is 2. The van der Waals surface area contributed by atoms with Crippen molar-refractivity contribution in [3.63, 3.8) is 0 Å². The van der Waals surface area contributed by atoms with E-state index in [1.54, 1.807) is 15.0 Å². The third kappa shape index (κ3) is 4.54. The lowest BCUT2D eigenvalue weighted by atomic mass is 10.1. The number of aromatic nitrogens is 4. The van der Waals surface area contributed by atoms with Crippen LogP contribution in [-0.2, 0) is 4.79 Å². The third-order valence-electron chi connectivity index (χ3n) is 5.61. The second-order valence-electron chi connectivity index (χ2n) is 7.94. The lowest BCUT2D eigenvalue weighted by Crippen LogP contribution is -2.40. The van der Waals surface area contributed by atoms with Gasteiger partial charge >= 0.3 is 6.03 Å². The van der Waals surface area contributed by atoms with Gasteiger partial charge in [-0.1, -0.05) is 49.4 Å². The molecule has 0 fully saturated rings. The Balaban J connectivity index is 1.71. The Bertz CT molecular complexity index is 1440. The minimum atomic E-state index is -0.514. The van der Waals surface area contributed by atoms with Gasteiger partial charge in [0.25, 0.3) is 5.56 Å². The van der Waals surface area contributed by atoms with Crippen molar-refractivity contribution in [3.05, 3.63) is 63.9 Å². The number of urea groups is 1. The molecule has 2 aromatic carbocycles. The summed E-state index contributed by atoms with van der Waals surface area (Å²) in [6.45, 7) is 6.49. The average Bonchev–Trinajstić information content (AvgIpc) is 3.24. The van der Waals surface area contributed by atoms with Crippen LogP contribution in [0.5, 0.6) is 0 Å². The topological polar surface area (TPSA) is 110 Å². The molecule has 0 bridgehead atoms. The number of unbranched alkanes of at least 4 members (excludes halogenated alkanes) is 1. The summed E-state index contributed by atoms with van der Waals surface area (Å²) in [6.07, 6.45) is 1.79. The molecular formula is C24H26N6O3S. The maximum absolute atomic E-state index is 13.5. The van der Waals surface area contributed by atoms with Gasteiger partial charge < -0.3 is 5.32 Å².